The normalized spacial score (nSPS) is 11.0. The summed E-state index contributed by atoms with van der Waals surface area (Å²) in [4.78, 5) is 24.9. The van der Waals surface area contributed by atoms with Crippen molar-refractivity contribution in [3.8, 4) is 0 Å². The molecule has 0 spiro atoms. The standard InChI is InChI=1S/C20H11Cl2NO3/c21-12-6-7-16(22)17(9-12)23-19(24)15-10-14-13-4-2-1-3-11(13)5-8-18(14)26-20(15)25/h1-10H,(H,23,24). The molecule has 0 fully saturated rings. The number of benzene rings is 3. The summed E-state index contributed by atoms with van der Waals surface area (Å²) in [7, 11) is 0. The van der Waals surface area contributed by atoms with Gasteiger partial charge in [-0.25, -0.2) is 4.79 Å². The van der Waals surface area contributed by atoms with Gasteiger partial charge in [-0.15, -0.1) is 0 Å². The largest absolute Gasteiger partial charge is 0.422 e. The Labute approximate surface area is 158 Å². The number of carbonyl (C=O) groups excluding carboxylic acids is 1. The summed E-state index contributed by atoms with van der Waals surface area (Å²) in [5.74, 6) is -0.613. The average Bonchev–Trinajstić information content (AvgIpc) is 2.64. The Kier molecular flexibility index (Phi) is 4.15. The Bertz CT molecular complexity index is 1230. The highest BCUT2D eigenvalue weighted by molar-refractivity contribution is 6.36. The van der Waals surface area contributed by atoms with Crippen LogP contribution in [0.25, 0.3) is 21.7 Å². The lowest BCUT2D eigenvalue weighted by Crippen LogP contribution is -2.20. The van der Waals surface area contributed by atoms with Gasteiger partial charge in [0.25, 0.3) is 5.91 Å². The van der Waals surface area contributed by atoms with Crippen molar-refractivity contribution in [2.75, 3.05) is 5.32 Å². The summed E-state index contributed by atoms with van der Waals surface area (Å²) in [6.45, 7) is 0. The smallest absolute Gasteiger partial charge is 0.349 e. The topological polar surface area (TPSA) is 59.3 Å². The van der Waals surface area contributed by atoms with Crippen molar-refractivity contribution in [1.82, 2.24) is 0 Å². The molecule has 128 valence electrons. The van der Waals surface area contributed by atoms with E-state index in [0.29, 0.717) is 26.7 Å². The zero-order valence-corrected chi connectivity index (χ0v) is 14.8. The van der Waals surface area contributed by atoms with Crippen molar-refractivity contribution >= 4 is 56.5 Å². The van der Waals surface area contributed by atoms with Gasteiger partial charge < -0.3 is 9.73 Å². The van der Waals surface area contributed by atoms with Crippen LogP contribution in [0.3, 0.4) is 0 Å². The molecule has 0 saturated heterocycles. The maximum absolute atomic E-state index is 12.6. The first-order valence-electron chi connectivity index (χ1n) is 7.75. The molecular formula is C20H11Cl2NO3. The molecule has 1 amide bonds. The Morgan fingerprint density at radius 3 is 2.58 bits per heavy atom. The number of halogens is 2. The number of carbonyl (C=O) groups is 1. The fraction of sp³-hybridized carbons (Fsp3) is 0. The number of amides is 1. The van der Waals surface area contributed by atoms with Crippen LogP contribution in [0.15, 0.2) is 69.9 Å². The third-order valence-corrected chi connectivity index (χ3v) is 4.63. The van der Waals surface area contributed by atoms with Gasteiger partial charge >= 0.3 is 5.63 Å². The van der Waals surface area contributed by atoms with Crippen LogP contribution in [0.5, 0.6) is 0 Å². The molecule has 0 radical (unpaired) electrons. The molecule has 0 aliphatic heterocycles. The van der Waals surface area contributed by atoms with Crippen molar-refractivity contribution in [3.05, 3.63) is 86.7 Å². The van der Waals surface area contributed by atoms with Crippen LogP contribution in [-0.2, 0) is 0 Å². The molecule has 0 saturated carbocycles. The quantitative estimate of drug-likeness (QED) is 0.367. The minimum Gasteiger partial charge on any atom is -0.422 e. The van der Waals surface area contributed by atoms with Crippen molar-refractivity contribution in [1.29, 1.82) is 0 Å². The van der Waals surface area contributed by atoms with Gasteiger partial charge in [-0.3, -0.25) is 4.79 Å². The van der Waals surface area contributed by atoms with E-state index < -0.39 is 11.5 Å². The molecule has 0 bridgehead atoms. The SMILES string of the molecule is O=C(Nc1cc(Cl)ccc1Cl)c1cc2c(ccc3ccccc32)oc1=O. The van der Waals surface area contributed by atoms with Gasteiger partial charge in [0.05, 0.1) is 10.7 Å². The number of fused-ring (bicyclic) bond motifs is 3. The summed E-state index contributed by atoms with van der Waals surface area (Å²) in [5.41, 5.74) is -0.0825. The summed E-state index contributed by atoms with van der Waals surface area (Å²) in [5, 5.41) is 5.90. The molecule has 0 aliphatic rings. The van der Waals surface area contributed by atoms with Gasteiger partial charge in [0.1, 0.15) is 11.1 Å². The summed E-state index contributed by atoms with van der Waals surface area (Å²) in [6, 6.07) is 17.5. The molecule has 0 atom stereocenters. The lowest BCUT2D eigenvalue weighted by molar-refractivity contribution is 0.102. The van der Waals surface area contributed by atoms with Crippen LogP contribution in [0.4, 0.5) is 5.69 Å². The molecule has 26 heavy (non-hydrogen) atoms. The molecular weight excluding hydrogens is 373 g/mol. The van der Waals surface area contributed by atoms with E-state index in [2.05, 4.69) is 5.32 Å². The van der Waals surface area contributed by atoms with Crippen LogP contribution < -0.4 is 10.9 Å². The van der Waals surface area contributed by atoms with Gasteiger partial charge in [0.15, 0.2) is 0 Å². The fourth-order valence-electron chi connectivity index (χ4n) is 2.81. The van der Waals surface area contributed by atoms with E-state index in [0.717, 1.165) is 10.8 Å². The summed E-state index contributed by atoms with van der Waals surface area (Å²) >= 11 is 12.0. The predicted octanol–water partition coefficient (Wildman–Crippen LogP) is 5.51. The highest BCUT2D eigenvalue weighted by Crippen LogP contribution is 2.27. The molecule has 6 heteroatoms. The van der Waals surface area contributed by atoms with Crippen LogP contribution in [-0.4, -0.2) is 5.91 Å². The Hall–Kier alpha value is -2.82. The Morgan fingerprint density at radius 1 is 0.923 bits per heavy atom. The molecule has 0 unspecified atom stereocenters. The zero-order chi connectivity index (χ0) is 18.3. The van der Waals surface area contributed by atoms with E-state index in [9.17, 15) is 9.59 Å². The summed E-state index contributed by atoms with van der Waals surface area (Å²) < 4.78 is 5.34. The molecule has 0 aliphatic carbocycles. The van der Waals surface area contributed by atoms with Crippen molar-refractivity contribution in [3.63, 3.8) is 0 Å². The second-order valence-electron chi connectivity index (χ2n) is 5.72. The van der Waals surface area contributed by atoms with Gasteiger partial charge in [0.2, 0.25) is 0 Å². The lowest BCUT2D eigenvalue weighted by Gasteiger charge is -2.08. The molecule has 1 heterocycles. The number of anilines is 1. The summed E-state index contributed by atoms with van der Waals surface area (Å²) in [6.07, 6.45) is 0. The Balaban J connectivity index is 1.84. The number of nitrogens with one attached hydrogen (secondary N) is 1. The number of hydrogen-bond acceptors (Lipinski definition) is 3. The zero-order valence-electron chi connectivity index (χ0n) is 13.3. The van der Waals surface area contributed by atoms with Gasteiger partial charge in [-0.2, -0.15) is 0 Å². The molecule has 3 aromatic carbocycles. The van der Waals surface area contributed by atoms with Crippen molar-refractivity contribution in [2.45, 2.75) is 0 Å². The van der Waals surface area contributed by atoms with Crippen LogP contribution >= 0.6 is 23.2 Å². The minimum absolute atomic E-state index is 0.107. The van der Waals surface area contributed by atoms with Crippen molar-refractivity contribution < 1.29 is 9.21 Å². The Morgan fingerprint density at radius 2 is 1.73 bits per heavy atom. The van der Waals surface area contributed by atoms with E-state index >= 15 is 0 Å². The average molecular weight is 384 g/mol. The van der Waals surface area contributed by atoms with Crippen LogP contribution in [0.1, 0.15) is 10.4 Å². The van der Waals surface area contributed by atoms with Crippen LogP contribution in [0, 0.1) is 0 Å². The van der Waals surface area contributed by atoms with E-state index in [1.54, 1.807) is 18.2 Å². The van der Waals surface area contributed by atoms with Crippen molar-refractivity contribution in [2.24, 2.45) is 0 Å². The first-order chi connectivity index (χ1) is 12.5. The van der Waals surface area contributed by atoms with E-state index in [4.69, 9.17) is 27.6 Å². The molecule has 1 aromatic heterocycles. The molecule has 4 rings (SSSR count). The van der Waals surface area contributed by atoms with E-state index in [1.807, 2.05) is 30.3 Å². The maximum Gasteiger partial charge on any atom is 0.349 e. The monoisotopic (exact) mass is 383 g/mol. The molecule has 1 N–H and O–H groups in total. The second-order valence-corrected chi connectivity index (χ2v) is 6.57. The van der Waals surface area contributed by atoms with Gasteiger partial charge in [-0.05, 0) is 41.1 Å². The van der Waals surface area contributed by atoms with Gasteiger partial charge in [0, 0.05) is 10.4 Å². The lowest BCUT2D eigenvalue weighted by atomic mass is 10.0. The fourth-order valence-corrected chi connectivity index (χ4v) is 3.15. The third-order valence-electron chi connectivity index (χ3n) is 4.06. The second kappa shape index (κ2) is 6.48. The predicted molar refractivity (Wildman–Crippen MR) is 104 cm³/mol. The number of hydrogen-bond donors (Lipinski definition) is 1. The molecule has 4 nitrogen and oxygen atoms in total. The first-order valence-corrected chi connectivity index (χ1v) is 8.50. The maximum atomic E-state index is 12.6. The highest BCUT2D eigenvalue weighted by Gasteiger charge is 2.16. The van der Waals surface area contributed by atoms with Gasteiger partial charge in [-0.1, -0.05) is 53.5 Å². The van der Waals surface area contributed by atoms with Crippen LogP contribution in [0.2, 0.25) is 10.0 Å². The number of rotatable bonds is 2. The third kappa shape index (κ3) is 2.94. The first kappa shape index (κ1) is 16.6. The molecule has 4 aromatic rings. The van der Waals surface area contributed by atoms with E-state index in [1.165, 1.54) is 12.1 Å². The highest BCUT2D eigenvalue weighted by atomic mass is 35.5. The van der Waals surface area contributed by atoms with E-state index in [-0.39, 0.29) is 5.56 Å². The minimum atomic E-state index is -0.719.